The lowest BCUT2D eigenvalue weighted by atomic mass is 10.0. The van der Waals surface area contributed by atoms with Crippen LogP contribution in [0, 0.1) is 12.8 Å². The minimum atomic E-state index is -0.337. The van der Waals surface area contributed by atoms with Crippen molar-refractivity contribution in [1.82, 2.24) is 4.90 Å². The lowest BCUT2D eigenvalue weighted by Crippen LogP contribution is -2.31. The van der Waals surface area contributed by atoms with Crippen LogP contribution in [0.15, 0.2) is 42.5 Å². The number of hydrogen-bond donors (Lipinski definition) is 1. The number of carbonyl (C=O) groups excluding carboxylic acids is 3. The summed E-state index contributed by atoms with van der Waals surface area (Å²) in [4.78, 5) is 37.1. The summed E-state index contributed by atoms with van der Waals surface area (Å²) >= 11 is 0. The van der Waals surface area contributed by atoms with Crippen molar-refractivity contribution < 1.29 is 19.1 Å². The molecule has 1 aliphatic rings. The number of benzene rings is 2. The predicted octanol–water partition coefficient (Wildman–Crippen LogP) is 2.72. The largest absolute Gasteiger partial charge is 0.493 e. The molecule has 1 aliphatic heterocycles. The maximum atomic E-state index is 12.4. The zero-order valence-corrected chi connectivity index (χ0v) is 16.1. The summed E-state index contributed by atoms with van der Waals surface area (Å²) in [5, 5.41) is 0. The van der Waals surface area contributed by atoms with Gasteiger partial charge in [0.25, 0.3) is 11.8 Å². The number of hydrogen-bond acceptors (Lipinski definition) is 4. The molecule has 3 rings (SSSR count). The second-order valence-corrected chi connectivity index (χ2v) is 7.23. The van der Waals surface area contributed by atoms with Gasteiger partial charge in [-0.2, -0.15) is 0 Å². The molecule has 0 radical (unpaired) electrons. The number of ether oxygens (including phenoxy) is 1. The summed E-state index contributed by atoms with van der Waals surface area (Å²) < 4.78 is 5.73. The zero-order valence-electron chi connectivity index (χ0n) is 16.1. The Morgan fingerprint density at radius 1 is 1.11 bits per heavy atom. The topological polar surface area (TPSA) is 89.7 Å². The van der Waals surface area contributed by atoms with E-state index in [1.54, 1.807) is 24.3 Å². The highest BCUT2D eigenvalue weighted by molar-refractivity contribution is 6.21. The van der Waals surface area contributed by atoms with Crippen LogP contribution in [-0.4, -0.2) is 35.8 Å². The van der Waals surface area contributed by atoms with Crippen LogP contribution >= 0.6 is 0 Å². The fraction of sp³-hybridized carbons (Fsp3) is 0.318. The Kier molecular flexibility index (Phi) is 5.78. The highest BCUT2D eigenvalue weighted by Gasteiger charge is 2.34. The van der Waals surface area contributed by atoms with Gasteiger partial charge in [-0.25, -0.2) is 0 Å². The average molecular weight is 380 g/mol. The first-order chi connectivity index (χ1) is 13.4. The van der Waals surface area contributed by atoms with Crippen molar-refractivity contribution in [2.75, 3.05) is 13.2 Å². The van der Waals surface area contributed by atoms with Crippen LogP contribution in [0.2, 0.25) is 0 Å². The molecule has 0 spiro atoms. The van der Waals surface area contributed by atoms with Gasteiger partial charge in [-0.05, 0) is 54.7 Å². The van der Waals surface area contributed by atoms with Crippen LogP contribution in [0.3, 0.4) is 0 Å². The molecule has 0 aliphatic carbocycles. The van der Waals surface area contributed by atoms with Crippen molar-refractivity contribution in [3.8, 4) is 5.75 Å². The Labute approximate surface area is 164 Å². The highest BCUT2D eigenvalue weighted by atomic mass is 16.5. The number of amides is 3. The Morgan fingerprint density at radius 2 is 1.75 bits per heavy atom. The SMILES string of the molecule is Cc1cc(OC[C@@H](C)CC(N)=O)ccc1CCN1C(=O)c2ccccc2C1=O. The van der Waals surface area contributed by atoms with Crippen molar-refractivity contribution in [3.05, 3.63) is 64.7 Å². The normalized spacial score (nSPS) is 14.1. The predicted molar refractivity (Wildman–Crippen MR) is 105 cm³/mol. The van der Waals surface area contributed by atoms with Crippen molar-refractivity contribution in [2.45, 2.75) is 26.7 Å². The molecule has 28 heavy (non-hydrogen) atoms. The number of fused-ring (bicyclic) bond motifs is 1. The quantitative estimate of drug-likeness (QED) is 0.713. The van der Waals surface area contributed by atoms with Crippen LogP contribution < -0.4 is 10.5 Å². The standard InChI is InChI=1S/C22H24N2O4/c1-14(11-20(23)25)13-28-17-8-7-16(15(2)12-17)9-10-24-21(26)18-5-3-4-6-19(18)22(24)27/h3-8,12,14H,9-11,13H2,1-2H3,(H2,23,25)/t14-/m0/s1. The third-order valence-corrected chi connectivity index (χ3v) is 4.88. The molecule has 1 atom stereocenters. The molecule has 6 nitrogen and oxygen atoms in total. The molecule has 2 aromatic carbocycles. The Balaban J connectivity index is 1.59. The first-order valence-corrected chi connectivity index (χ1v) is 9.32. The van der Waals surface area contributed by atoms with Crippen LogP contribution in [0.4, 0.5) is 0 Å². The molecule has 1 heterocycles. The highest BCUT2D eigenvalue weighted by Crippen LogP contribution is 2.24. The van der Waals surface area contributed by atoms with Gasteiger partial charge in [-0.3, -0.25) is 19.3 Å². The van der Waals surface area contributed by atoms with Gasteiger partial charge < -0.3 is 10.5 Å². The molecule has 2 N–H and O–H groups in total. The molecule has 6 heteroatoms. The van der Waals surface area contributed by atoms with E-state index in [9.17, 15) is 14.4 Å². The van der Waals surface area contributed by atoms with E-state index in [2.05, 4.69) is 0 Å². The molecule has 0 saturated carbocycles. The van der Waals surface area contributed by atoms with Gasteiger partial charge in [-0.1, -0.05) is 25.1 Å². The Bertz CT molecular complexity index is 888. The van der Waals surface area contributed by atoms with Crippen LogP contribution in [0.5, 0.6) is 5.75 Å². The van der Waals surface area contributed by atoms with Crippen molar-refractivity contribution in [2.24, 2.45) is 11.7 Å². The van der Waals surface area contributed by atoms with E-state index in [-0.39, 0.29) is 30.1 Å². The first-order valence-electron chi connectivity index (χ1n) is 9.32. The van der Waals surface area contributed by atoms with E-state index in [1.165, 1.54) is 4.90 Å². The molecule has 0 aromatic heterocycles. The lowest BCUT2D eigenvalue weighted by Gasteiger charge is -2.16. The number of primary amides is 1. The second kappa shape index (κ2) is 8.25. The molecular weight excluding hydrogens is 356 g/mol. The molecule has 0 unspecified atom stereocenters. The van der Waals surface area contributed by atoms with E-state index in [0.717, 1.165) is 16.9 Å². The summed E-state index contributed by atoms with van der Waals surface area (Å²) in [7, 11) is 0. The minimum absolute atomic E-state index is 0.0475. The van der Waals surface area contributed by atoms with E-state index >= 15 is 0 Å². The maximum Gasteiger partial charge on any atom is 0.261 e. The van der Waals surface area contributed by atoms with E-state index in [0.29, 0.717) is 30.7 Å². The maximum absolute atomic E-state index is 12.4. The van der Waals surface area contributed by atoms with Crippen molar-refractivity contribution in [3.63, 3.8) is 0 Å². The molecule has 3 amide bonds. The molecule has 0 fully saturated rings. The smallest absolute Gasteiger partial charge is 0.261 e. The minimum Gasteiger partial charge on any atom is -0.493 e. The van der Waals surface area contributed by atoms with Gasteiger partial charge >= 0.3 is 0 Å². The van der Waals surface area contributed by atoms with Gasteiger partial charge in [0.2, 0.25) is 5.91 Å². The number of rotatable bonds is 8. The van der Waals surface area contributed by atoms with E-state index in [1.807, 2.05) is 32.0 Å². The first kappa shape index (κ1) is 19.6. The molecule has 0 bridgehead atoms. The van der Waals surface area contributed by atoms with Crippen LogP contribution in [0.1, 0.15) is 45.2 Å². The summed E-state index contributed by atoms with van der Waals surface area (Å²) in [6.07, 6.45) is 0.868. The fourth-order valence-corrected chi connectivity index (χ4v) is 3.35. The molecule has 146 valence electrons. The van der Waals surface area contributed by atoms with E-state index < -0.39 is 0 Å². The number of carbonyl (C=O) groups is 3. The third-order valence-electron chi connectivity index (χ3n) is 4.88. The fourth-order valence-electron chi connectivity index (χ4n) is 3.35. The van der Waals surface area contributed by atoms with Crippen molar-refractivity contribution >= 4 is 17.7 Å². The van der Waals surface area contributed by atoms with Gasteiger partial charge in [0.05, 0.1) is 17.7 Å². The Hall–Kier alpha value is -3.15. The number of nitrogens with zero attached hydrogens (tertiary/aromatic N) is 1. The van der Waals surface area contributed by atoms with Crippen molar-refractivity contribution in [1.29, 1.82) is 0 Å². The monoisotopic (exact) mass is 380 g/mol. The van der Waals surface area contributed by atoms with Gasteiger partial charge in [0.15, 0.2) is 0 Å². The summed E-state index contributed by atoms with van der Waals surface area (Å²) in [5.41, 5.74) is 8.21. The number of nitrogens with two attached hydrogens (primary N) is 1. The van der Waals surface area contributed by atoms with Gasteiger partial charge in [0, 0.05) is 13.0 Å². The molecular formula is C22H24N2O4. The summed E-state index contributed by atoms with van der Waals surface area (Å²) in [6.45, 7) is 4.63. The summed E-state index contributed by atoms with van der Waals surface area (Å²) in [5.74, 6) is -0.0383. The third kappa shape index (κ3) is 4.22. The van der Waals surface area contributed by atoms with Crippen LogP contribution in [0.25, 0.3) is 0 Å². The number of imide groups is 1. The second-order valence-electron chi connectivity index (χ2n) is 7.23. The zero-order chi connectivity index (χ0) is 20.3. The molecule has 2 aromatic rings. The van der Waals surface area contributed by atoms with Gasteiger partial charge in [0.1, 0.15) is 5.75 Å². The van der Waals surface area contributed by atoms with Gasteiger partial charge in [-0.15, -0.1) is 0 Å². The molecule has 0 saturated heterocycles. The average Bonchev–Trinajstić information content (AvgIpc) is 2.90. The lowest BCUT2D eigenvalue weighted by molar-refractivity contribution is -0.119. The summed E-state index contributed by atoms with van der Waals surface area (Å²) in [6, 6.07) is 12.6. The van der Waals surface area contributed by atoms with Crippen LogP contribution in [-0.2, 0) is 11.2 Å². The number of aryl methyl sites for hydroxylation is 1. The Morgan fingerprint density at radius 3 is 2.32 bits per heavy atom. The van der Waals surface area contributed by atoms with E-state index in [4.69, 9.17) is 10.5 Å².